The Bertz CT molecular complexity index is 966. The Morgan fingerprint density at radius 2 is 2.03 bits per heavy atom. The number of hydrogen-bond acceptors (Lipinski definition) is 6. The van der Waals surface area contributed by atoms with Crippen LogP contribution in [0.4, 0.5) is 0 Å². The number of rotatable bonds is 4. The molecule has 2 aromatic rings. The van der Waals surface area contributed by atoms with Gasteiger partial charge in [0.15, 0.2) is 11.5 Å². The second kappa shape index (κ2) is 9.40. The first-order valence-electron chi connectivity index (χ1n) is 10.8. The Balaban J connectivity index is 1.57. The molecule has 0 saturated carbocycles. The van der Waals surface area contributed by atoms with Crippen LogP contribution in [0.5, 0.6) is 11.5 Å². The van der Waals surface area contributed by atoms with Crippen LogP contribution in [0.15, 0.2) is 18.3 Å². The summed E-state index contributed by atoms with van der Waals surface area (Å²) in [6, 6.07) is 4.10. The van der Waals surface area contributed by atoms with Crippen molar-refractivity contribution in [2.24, 2.45) is 0 Å². The molecule has 0 radical (unpaired) electrons. The Kier molecular flexibility index (Phi) is 6.62. The number of hydrogen-bond donors (Lipinski definition) is 0. The monoisotopic (exact) mass is 444 g/mol. The highest BCUT2D eigenvalue weighted by Gasteiger charge is 2.28. The van der Waals surface area contributed by atoms with Crippen LogP contribution in [0.2, 0.25) is 5.02 Å². The zero-order valence-electron chi connectivity index (χ0n) is 18.4. The van der Waals surface area contributed by atoms with Crippen LogP contribution in [0.3, 0.4) is 0 Å². The number of ether oxygens (including phenoxy) is 2. The van der Waals surface area contributed by atoms with E-state index in [1.165, 1.54) is 0 Å². The highest BCUT2D eigenvalue weighted by molar-refractivity contribution is 6.32. The summed E-state index contributed by atoms with van der Waals surface area (Å²) < 4.78 is 11.6. The zero-order chi connectivity index (χ0) is 22.0. The van der Waals surface area contributed by atoms with Gasteiger partial charge in [0.25, 0.3) is 5.91 Å². The van der Waals surface area contributed by atoms with Gasteiger partial charge in [0.1, 0.15) is 5.82 Å². The van der Waals surface area contributed by atoms with Gasteiger partial charge in [-0.05, 0) is 44.0 Å². The predicted octanol–water partition coefficient (Wildman–Crippen LogP) is 4.03. The fourth-order valence-electron chi connectivity index (χ4n) is 4.18. The highest BCUT2D eigenvalue weighted by atomic mass is 35.5. The van der Waals surface area contributed by atoms with Crippen molar-refractivity contribution < 1.29 is 14.3 Å². The number of carbonyl (C=O) groups excluding carboxylic acids is 1. The Morgan fingerprint density at radius 3 is 2.81 bits per heavy atom. The Hall–Kier alpha value is -2.38. The maximum atomic E-state index is 12.3. The SMILES string of the molecule is Cc1nc([C@H]2CCCCN2Cc2cc(Cl)c3c(c2)OCCCO3)ncc1C(=O)N(C)C. The van der Waals surface area contributed by atoms with Gasteiger partial charge in [-0.15, -0.1) is 0 Å². The van der Waals surface area contributed by atoms with Crippen LogP contribution in [0, 0.1) is 6.92 Å². The lowest BCUT2D eigenvalue weighted by molar-refractivity contribution is 0.0825. The molecule has 4 rings (SSSR count). The van der Waals surface area contributed by atoms with E-state index in [0.29, 0.717) is 41.0 Å². The molecule has 2 aliphatic rings. The van der Waals surface area contributed by atoms with Crippen LogP contribution in [0.1, 0.15) is 59.2 Å². The number of likely N-dealkylation sites (tertiary alicyclic amines) is 1. The van der Waals surface area contributed by atoms with Crippen molar-refractivity contribution in [3.63, 3.8) is 0 Å². The summed E-state index contributed by atoms with van der Waals surface area (Å²) in [6.07, 6.45) is 5.75. The summed E-state index contributed by atoms with van der Waals surface area (Å²) in [6.45, 7) is 4.80. The summed E-state index contributed by atoms with van der Waals surface area (Å²) in [5.41, 5.74) is 2.34. The Morgan fingerprint density at radius 1 is 1.23 bits per heavy atom. The van der Waals surface area contributed by atoms with E-state index in [-0.39, 0.29) is 11.9 Å². The van der Waals surface area contributed by atoms with E-state index < -0.39 is 0 Å². The number of aromatic nitrogens is 2. The fraction of sp³-hybridized carbons (Fsp3) is 0.522. The average Bonchev–Trinajstić information content (AvgIpc) is 2.99. The van der Waals surface area contributed by atoms with Crippen molar-refractivity contribution >= 4 is 17.5 Å². The van der Waals surface area contributed by atoms with Gasteiger partial charge < -0.3 is 14.4 Å². The molecule has 0 bridgehead atoms. The summed E-state index contributed by atoms with van der Waals surface area (Å²) in [7, 11) is 3.47. The summed E-state index contributed by atoms with van der Waals surface area (Å²) in [5, 5.41) is 0.585. The van der Waals surface area contributed by atoms with Crippen molar-refractivity contribution in [3.05, 3.63) is 46.0 Å². The smallest absolute Gasteiger partial charge is 0.256 e. The molecular formula is C23H29ClN4O3. The molecule has 1 atom stereocenters. The molecule has 8 heteroatoms. The number of aryl methyl sites for hydroxylation is 1. The number of piperidine rings is 1. The largest absolute Gasteiger partial charge is 0.489 e. The van der Waals surface area contributed by atoms with Gasteiger partial charge in [0.05, 0.1) is 35.5 Å². The molecule has 1 aromatic heterocycles. The third kappa shape index (κ3) is 4.77. The minimum absolute atomic E-state index is 0.0774. The topological polar surface area (TPSA) is 67.8 Å². The lowest BCUT2D eigenvalue weighted by Crippen LogP contribution is -2.34. The zero-order valence-corrected chi connectivity index (χ0v) is 19.1. The molecule has 166 valence electrons. The molecule has 0 aliphatic carbocycles. The molecule has 31 heavy (non-hydrogen) atoms. The lowest BCUT2D eigenvalue weighted by Gasteiger charge is -2.35. The van der Waals surface area contributed by atoms with E-state index in [0.717, 1.165) is 50.2 Å². The Labute approximate surface area is 188 Å². The fourth-order valence-corrected chi connectivity index (χ4v) is 4.47. The van der Waals surface area contributed by atoms with Crippen LogP contribution in [0.25, 0.3) is 0 Å². The molecule has 1 saturated heterocycles. The second-order valence-electron chi connectivity index (χ2n) is 8.36. The van der Waals surface area contributed by atoms with Crippen LogP contribution in [-0.2, 0) is 6.54 Å². The van der Waals surface area contributed by atoms with Gasteiger partial charge in [0.2, 0.25) is 0 Å². The van der Waals surface area contributed by atoms with E-state index in [1.807, 2.05) is 19.1 Å². The molecule has 0 spiro atoms. The highest BCUT2D eigenvalue weighted by Crippen LogP contribution is 2.39. The number of benzene rings is 1. The summed E-state index contributed by atoms with van der Waals surface area (Å²) in [4.78, 5) is 25.6. The quantitative estimate of drug-likeness (QED) is 0.709. The first-order valence-corrected chi connectivity index (χ1v) is 11.2. The molecular weight excluding hydrogens is 416 g/mol. The lowest BCUT2D eigenvalue weighted by atomic mass is 10.00. The molecule has 1 amide bonds. The van der Waals surface area contributed by atoms with Gasteiger partial charge >= 0.3 is 0 Å². The van der Waals surface area contributed by atoms with E-state index in [4.69, 9.17) is 26.1 Å². The van der Waals surface area contributed by atoms with Crippen molar-refractivity contribution in [2.45, 2.75) is 45.2 Å². The normalized spacial score (nSPS) is 19.0. The van der Waals surface area contributed by atoms with E-state index in [9.17, 15) is 4.79 Å². The minimum atomic E-state index is -0.0774. The number of fused-ring (bicyclic) bond motifs is 1. The summed E-state index contributed by atoms with van der Waals surface area (Å²) in [5.74, 6) is 2.05. The third-order valence-electron chi connectivity index (χ3n) is 5.79. The maximum absolute atomic E-state index is 12.3. The van der Waals surface area contributed by atoms with Crippen LogP contribution >= 0.6 is 11.6 Å². The van der Waals surface area contributed by atoms with Gasteiger partial charge in [0, 0.05) is 33.3 Å². The molecule has 0 N–H and O–H groups in total. The minimum Gasteiger partial charge on any atom is -0.489 e. The second-order valence-corrected chi connectivity index (χ2v) is 8.77. The first kappa shape index (κ1) is 21.8. The predicted molar refractivity (Wildman–Crippen MR) is 119 cm³/mol. The molecule has 2 aliphatic heterocycles. The number of carbonyl (C=O) groups is 1. The third-order valence-corrected chi connectivity index (χ3v) is 6.07. The number of amides is 1. The van der Waals surface area contributed by atoms with Crippen molar-refractivity contribution in [1.29, 1.82) is 0 Å². The van der Waals surface area contributed by atoms with Crippen molar-refractivity contribution in [2.75, 3.05) is 33.9 Å². The molecule has 1 aromatic carbocycles. The maximum Gasteiger partial charge on any atom is 0.256 e. The van der Waals surface area contributed by atoms with Gasteiger partial charge in [-0.25, -0.2) is 9.97 Å². The van der Waals surface area contributed by atoms with E-state index in [1.54, 1.807) is 25.2 Å². The van der Waals surface area contributed by atoms with Crippen molar-refractivity contribution in [3.8, 4) is 11.5 Å². The number of halogens is 1. The average molecular weight is 445 g/mol. The van der Waals surface area contributed by atoms with E-state index >= 15 is 0 Å². The molecule has 1 fully saturated rings. The molecule has 7 nitrogen and oxygen atoms in total. The molecule has 3 heterocycles. The van der Waals surface area contributed by atoms with Crippen LogP contribution < -0.4 is 9.47 Å². The number of nitrogens with zero attached hydrogens (tertiary/aromatic N) is 4. The van der Waals surface area contributed by atoms with Gasteiger partial charge in [-0.3, -0.25) is 9.69 Å². The molecule has 0 unspecified atom stereocenters. The summed E-state index contributed by atoms with van der Waals surface area (Å²) >= 11 is 6.50. The van der Waals surface area contributed by atoms with Gasteiger partial charge in [-0.2, -0.15) is 0 Å². The van der Waals surface area contributed by atoms with Crippen molar-refractivity contribution in [1.82, 2.24) is 19.8 Å². The van der Waals surface area contributed by atoms with Crippen LogP contribution in [-0.4, -0.2) is 59.5 Å². The standard InChI is InChI=1S/C23H29ClN4O3/c1-15-17(23(29)27(2)3)13-25-22(26-15)19-7-4-5-8-28(19)14-16-11-18(24)21-20(12-16)30-9-6-10-31-21/h11-13,19H,4-10,14H2,1-3H3/t19-/m1/s1. The van der Waals surface area contributed by atoms with E-state index in [2.05, 4.69) is 9.88 Å². The first-order chi connectivity index (χ1) is 14.9. The van der Waals surface area contributed by atoms with Gasteiger partial charge in [-0.1, -0.05) is 18.0 Å².